The van der Waals surface area contributed by atoms with Crippen molar-refractivity contribution in [1.82, 2.24) is 10.6 Å². The second-order valence-corrected chi connectivity index (χ2v) is 8.82. The molecule has 0 aromatic heterocycles. The minimum atomic E-state index is -0.237. The summed E-state index contributed by atoms with van der Waals surface area (Å²) in [6.07, 6.45) is 6.05. The van der Waals surface area contributed by atoms with E-state index in [0.29, 0.717) is 23.8 Å². The summed E-state index contributed by atoms with van der Waals surface area (Å²) in [6, 6.07) is 0.284. The van der Waals surface area contributed by atoms with E-state index in [-0.39, 0.29) is 30.4 Å². The summed E-state index contributed by atoms with van der Waals surface area (Å²) in [5, 5.41) is 6.75. The Kier molecular flexibility index (Phi) is 6.08. The molecule has 0 aromatic rings. The van der Waals surface area contributed by atoms with Crippen LogP contribution in [0.3, 0.4) is 0 Å². The van der Waals surface area contributed by atoms with Gasteiger partial charge < -0.3 is 15.4 Å². The first-order valence-corrected chi connectivity index (χ1v) is 10.4. The Morgan fingerprint density at radius 2 is 2.17 bits per heavy atom. The highest BCUT2D eigenvalue weighted by molar-refractivity contribution is 7.99. The second-order valence-electron chi connectivity index (χ2n) is 7.67. The predicted molar refractivity (Wildman–Crippen MR) is 95.8 cm³/mol. The standard InChI is InChI=1S/C18H30N2O3S/c1-11-4-3-5-12-8-15(19-17(11)12)18(22)20-14(9-16(21)23-2)13-6-7-24-10-13/h11-15,17,19H,3-10H2,1-2H3,(H,20,22). The maximum Gasteiger partial charge on any atom is 0.307 e. The molecule has 0 radical (unpaired) electrons. The van der Waals surface area contributed by atoms with Crippen LogP contribution < -0.4 is 10.6 Å². The Bertz CT molecular complexity index is 467. The van der Waals surface area contributed by atoms with Crippen molar-refractivity contribution in [2.45, 2.75) is 63.6 Å². The van der Waals surface area contributed by atoms with Gasteiger partial charge >= 0.3 is 5.97 Å². The molecule has 3 rings (SSSR count). The number of carbonyl (C=O) groups excluding carboxylic acids is 2. The molecule has 2 heterocycles. The van der Waals surface area contributed by atoms with Crippen LogP contribution in [0.2, 0.25) is 0 Å². The monoisotopic (exact) mass is 354 g/mol. The van der Waals surface area contributed by atoms with Gasteiger partial charge in [-0.25, -0.2) is 0 Å². The molecule has 6 atom stereocenters. The smallest absolute Gasteiger partial charge is 0.307 e. The molecule has 0 aromatic carbocycles. The van der Waals surface area contributed by atoms with Gasteiger partial charge in [-0.05, 0) is 54.9 Å². The Labute approximate surface area is 149 Å². The zero-order valence-corrected chi connectivity index (χ0v) is 15.6. The van der Waals surface area contributed by atoms with Crippen molar-refractivity contribution < 1.29 is 14.3 Å². The summed E-state index contributed by atoms with van der Waals surface area (Å²) < 4.78 is 4.83. The highest BCUT2D eigenvalue weighted by atomic mass is 32.2. The molecule has 0 spiro atoms. The predicted octanol–water partition coefficient (Wildman–Crippen LogP) is 1.95. The number of hydrogen-bond donors (Lipinski definition) is 2. The van der Waals surface area contributed by atoms with Crippen LogP contribution >= 0.6 is 11.8 Å². The van der Waals surface area contributed by atoms with Crippen LogP contribution in [0.25, 0.3) is 0 Å². The first-order valence-electron chi connectivity index (χ1n) is 9.29. The maximum absolute atomic E-state index is 12.8. The number of ether oxygens (including phenoxy) is 1. The molecule has 24 heavy (non-hydrogen) atoms. The third-order valence-electron chi connectivity index (χ3n) is 6.08. The quantitative estimate of drug-likeness (QED) is 0.739. The number of fused-ring (bicyclic) bond motifs is 1. The maximum atomic E-state index is 12.8. The number of methoxy groups -OCH3 is 1. The van der Waals surface area contributed by atoms with E-state index in [2.05, 4.69) is 17.6 Å². The van der Waals surface area contributed by atoms with E-state index in [1.807, 2.05) is 11.8 Å². The van der Waals surface area contributed by atoms with Crippen LogP contribution in [-0.4, -0.2) is 48.6 Å². The SMILES string of the molecule is COC(=O)CC(NC(=O)C1CC2CCCC(C)C2N1)C1CCSC1. The fourth-order valence-electron chi connectivity index (χ4n) is 4.63. The van der Waals surface area contributed by atoms with Gasteiger partial charge in [0.25, 0.3) is 0 Å². The number of hydrogen-bond acceptors (Lipinski definition) is 5. The van der Waals surface area contributed by atoms with Gasteiger partial charge in [-0.15, -0.1) is 0 Å². The fourth-order valence-corrected chi connectivity index (χ4v) is 5.97. The largest absolute Gasteiger partial charge is 0.469 e. The molecule has 1 saturated carbocycles. The van der Waals surface area contributed by atoms with Gasteiger partial charge in [0.05, 0.1) is 19.6 Å². The summed E-state index contributed by atoms with van der Waals surface area (Å²) >= 11 is 1.90. The average molecular weight is 355 g/mol. The Morgan fingerprint density at radius 1 is 1.33 bits per heavy atom. The van der Waals surface area contributed by atoms with Gasteiger partial charge in [0.1, 0.15) is 0 Å². The summed E-state index contributed by atoms with van der Waals surface area (Å²) in [5.74, 6) is 3.62. The number of rotatable bonds is 5. The van der Waals surface area contributed by atoms with Crippen molar-refractivity contribution >= 4 is 23.6 Å². The minimum absolute atomic E-state index is 0.0717. The van der Waals surface area contributed by atoms with Crippen LogP contribution in [0.15, 0.2) is 0 Å². The van der Waals surface area contributed by atoms with E-state index in [1.54, 1.807) is 0 Å². The van der Waals surface area contributed by atoms with Gasteiger partial charge in [-0.1, -0.05) is 13.3 Å². The van der Waals surface area contributed by atoms with Crippen molar-refractivity contribution in [2.24, 2.45) is 17.8 Å². The number of nitrogens with one attached hydrogen (secondary N) is 2. The van der Waals surface area contributed by atoms with Gasteiger partial charge in [-0.2, -0.15) is 11.8 Å². The van der Waals surface area contributed by atoms with E-state index in [9.17, 15) is 9.59 Å². The molecule has 5 nitrogen and oxygen atoms in total. The fraction of sp³-hybridized carbons (Fsp3) is 0.889. The van der Waals surface area contributed by atoms with E-state index in [4.69, 9.17) is 4.74 Å². The lowest BCUT2D eigenvalue weighted by Crippen LogP contribution is -2.50. The molecule has 2 saturated heterocycles. The van der Waals surface area contributed by atoms with Crippen LogP contribution in [-0.2, 0) is 14.3 Å². The second kappa shape index (κ2) is 8.09. The lowest BCUT2D eigenvalue weighted by molar-refractivity contribution is -0.141. The summed E-state index contributed by atoms with van der Waals surface area (Å²) in [7, 11) is 1.41. The van der Waals surface area contributed by atoms with Crippen molar-refractivity contribution in [3.8, 4) is 0 Å². The molecule has 0 bridgehead atoms. The van der Waals surface area contributed by atoms with Crippen molar-refractivity contribution in [2.75, 3.05) is 18.6 Å². The number of amides is 1. The van der Waals surface area contributed by atoms with Crippen molar-refractivity contribution in [3.05, 3.63) is 0 Å². The molecule has 3 aliphatic rings. The Morgan fingerprint density at radius 3 is 2.83 bits per heavy atom. The first-order chi connectivity index (χ1) is 11.6. The topological polar surface area (TPSA) is 67.4 Å². The van der Waals surface area contributed by atoms with Crippen molar-refractivity contribution in [3.63, 3.8) is 0 Å². The average Bonchev–Trinajstić information content (AvgIpc) is 3.24. The van der Waals surface area contributed by atoms with Gasteiger partial charge in [0.15, 0.2) is 0 Å². The Balaban J connectivity index is 1.59. The zero-order chi connectivity index (χ0) is 17.1. The minimum Gasteiger partial charge on any atom is -0.469 e. The molecule has 136 valence electrons. The van der Waals surface area contributed by atoms with Gasteiger partial charge in [-0.3, -0.25) is 9.59 Å². The summed E-state index contributed by atoms with van der Waals surface area (Å²) in [4.78, 5) is 24.5. The molecule has 2 N–H and O–H groups in total. The van der Waals surface area contributed by atoms with Crippen LogP contribution in [0.5, 0.6) is 0 Å². The zero-order valence-electron chi connectivity index (χ0n) is 14.8. The number of carbonyl (C=O) groups is 2. The van der Waals surface area contributed by atoms with Gasteiger partial charge in [0, 0.05) is 12.1 Å². The van der Waals surface area contributed by atoms with E-state index in [0.717, 1.165) is 24.3 Å². The summed E-state index contributed by atoms with van der Waals surface area (Å²) in [6.45, 7) is 2.29. The summed E-state index contributed by atoms with van der Waals surface area (Å²) in [5.41, 5.74) is 0. The molecular formula is C18H30N2O3S. The molecule has 1 amide bonds. The van der Waals surface area contributed by atoms with Crippen LogP contribution in [0.1, 0.15) is 45.4 Å². The lowest BCUT2D eigenvalue weighted by atomic mass is 9.78. The van der Waals surface area contributed by atoms with Crippen LogP contribution in [0.4, 0.5) is 0 Å². The third-order valence-corrected chi connectivity index (χ3v) is 7.27. The number of esters is 1. The molecule has 3 fully saturated rings. The molecule has 1 aliphatic carbocycles. The normalized spacial score (nSPS) is 36.8. The molecule has 6 heteroatoms. The third kappa shape index (κ3) is 4.07. The van der Waals surface area contributed by atoms with E-state index < -0.39 is 0 Å². The highest BCUT2D eigenvalue weighted by Gasteiger charge is 2.42. The van der Waals surface area contributed by atoms with Crippen LogP contribution in [0, 0.1) is 17.8 Å². The molecular weight excluding hydrogens is 324 g/mol. The van der Waals surface area contributed by atoms with Crippen molar-refractivity contribution in [1.29, 1.82) is 0 Å². The first kappa shape index (κ1) is 18.1. The lowest BCUT2D eigenvalue weighted by Gasteiger charge is -2.31. The van der Waals surface area contributed by atoms with E-state index in [1.165, 1.54) is 26.4 Å². The van der Waals surface area contributed by atoms with Gasteiger partial charge in [0.2, 0.25) is 5.91 Å². The number of thioether (sulfide) groups is 1. The molecule has 2 aliphatic heterocycles. The Hall–Kier alpha value is -0.750. The van der Waals surface area contributed by atoms with E-state index >= 15 is 0 Å². The highest BCUT2D eigenvalue weighted by Crippen LogP contribution is 2.37. The molecule has 6 unspecified atom stereocenters.